The number of methoxy groups -OCH3 is 1. The minimum absolute atomic E-state index is 0.0980. The highest BCUT2D eigenvalue weighted by atomic mass is 16.5. The van der Waals surface area contributed by atoms with Crippen LogP contribution in [0.4, 0.5) is 4.79 Å². The molecule has 122 valence electrons. The first-order valence-electron chi connectivity index (χ1n) is 7.26. The van der Waals surface area contributed by atoms with Gasteiger partial charge in [-0.15, -0.1) is 6.58 Å². The number of allylic oxidation sites excluding steroid dienone is 1. The van der Waals surface area contributed by atoms with Crippen molar-refractivity contribution in [3.63, 3.8) is 0 Å². The Hall–Kier alpha value is -1.52. The summed E-state index contributed by atoms with van der Waals surface area (Å²) in [6.07, 6.45) is 3.61. The van der Waals surface area contributed by atoms with E-state index in [1.54, 1.807) is 0 Å². The van der Waals surface area contributed by atoms with Crippen LogP contribution in [0.25, 0.3) is 0 Å². The second-order valence-corrected chi connectivity index (χ2v) is 7.13. The van der Waals surface area contributed by atoms with Crippen LogP contribution in [0.5, 0.6) is 0 Å². The lowest BCUT2D eigenvalue weighted by Crippen LogP contribution is -2.52. The van der Waals surface area contributed by atoms with Gasteiger partial charge in [0, 0.05) is 6.54 Å². The molecule has 0 heterocycles. The SMILES string of the molecule is C=CCC(C)(C)CCNC(=O)N[C@H](C(=O)OC)C(C)(C)C. The van der Waals surface area contributed by atoms with Crippen molar-refractivity contribution in [2.75, 3.05) is 13.7 Å². The van der Waals surface area contributed by atoms with Gasteiger partial charge in [0.2, 0.25) is 0 Å². The van der Waals surface area contributed by atoms with Crippen molar-refractivity contribution in [2.45, 2.75) is 53.5 Å². The Morgan fingerprint density at radius 3 is 2.24 bits per heavy atom. The van der Waals surface area contributed by atoms with E-state index < -0.39 is 17.4 Å². The minimum atomic E-state index is -0.677. The summed E-state index contributed by atoms with van der Waals surface area (Å²) in [5, 5.41) is 5.47. The minimum Gasteiger partial charge on any atom is -0.467 e. The number of urea groups is 1. The summed E-state index contributed by atoms with van der Waals surface area (Å²) < 4.78 is 4.74. The van der Waals surface area contributed by atoms with Gasteiger partial charge in [0.1, 0.15) is 6.04 Å². The zero-order valence-corrected chi connectivity index (χ0v) is 14.2. The van der Waals surface area contributed by atoms with Gasteiger partial charge in [0.25, 0.3) is 0 Å². The van der Waals surface area contributed by atoms with E-state index in [0.717, 1.165) is 12.8 Å². The van der Waals surface area contributed by atoms with Gasteiger partial charge >= 0.3 is 12.0 Å². The van der Waals surface area contributed by atoms with Crippen LogP contribution in [-0.4, -0.2) is 31.7 Å². The second kappa shape index (κ2) is 8.05. The maximum atomic E-state index is 11.9. The third-order valence-corrected chi connectivity index (χ3v) is 3.36. The monoisotopic (exact) mass is 298 g/mol. The number of carbonyl (C=O) groups is 2. The molecule has 0 fully saturated rings. The Morgan fingerprint density at radius 1 is 1.24 bits per heavy atom. The lowest BCUT2D eigenvalue weighted by Gasteiger charge is -2.29. The van der Waals surface area contributed by atoms with Crippen molar-refractivity contribution in [3.8, 4) is 0 Å². The van der Waals surface area contributed by atoms with Crippen LogP contribution < -0.4 is 10.6 Å². The van der Waals surface area contributed by atoms with E-state index in [1.807, 2.05) is 26.8 Å². The lowest BCUT2D eigenvalue weighted by atomic mass is 9.86. The maximum absolute atomic E-state index is 11.9. The smallest absolute Gasteiger partial charge is 0.328 e. The number of hydrogen-bond donors (Lipinski definition) is 2. The number of carbonyl (C=O) groups excluding carboxylic acids is 2. The Morgan fingerprint density at radius 2 is 1.81 bits per heavy atom. The summed E-state index contributed by atoms with van der Waals surface area (Å²) in [4.78, 5) is 23.7. The molecule has 0 radical (unpaired) electrons. The fourth-order valence-corrected chi connectivity index (χ4v) is 1.94. The van der Waals surface area contributed by atoms with Crippen LogP contribution in [0.15, 0.2) is 12.7 Å². The van der Waals surface area contributed by atoms with Gasteiger partial charge in [-0.1, -0.05) is 40.7 Å². The Kier molecular flexibility index (Phi) is 7.47. The number of ether oxygens (including phenoxy) is 1. The van der Waals surface area contributed by atoms with E-state index in [0.29, 0.717) is 6.54 Å². The predicted molar refractivity (Wildman–Crippen MR) is 85.0 cm³/mol. The van der Waals surface area contributed by atoms with E-state index in [4.69, 9.17) is 4.74 Å². The van der Waals surface area contributed by atoms with Gasteiger partial charge < -0.3 is 15.4 Å². The quantitative estimate of drug-likeness (QED) is 0.561. The third kappa shape index (κ3) is 7.73. The molecule has 0 unspecified atom stereocenters. The van der Waals surface area contributed by atoms with Gasteiger partial charge in [0.05, 0.1) is 7.11 Å². The Labute approximate surface area is 128 Å². The van der Waals surface area contributed by atoms with Crippen molar-refractivity contribution in [2.24, 2.45) is 10.8 Å². The molecule has 0 spiro atoms. The van der Waals surface area contributed by atoms with Crippen molar-refractivity contribution < 1.29 is 14.3 Å². The molecule has 5 nitrogen and oxygen atoms in total. The Balaban J connectivity index is 4.40. The molecule has 0 aromatic rings. The molecule has 5 heteroatoms. The highest BCUT2D eigenvalue weighted by molar-refractivity contribution is 5.84. The molecule has 0 saturated carbocycles. The molecule has 21 heavy (non-hydrogen) atoms. The molecular weight excluding hydrogens is 268 g/mol. The third-order valence-electron chi connectivity index (χ3n) is 3.36. The van der Waals surface area contributed by atoms with Crippen LogP contribution in [0.2, 0.25) is 0 Å². The molecule has 0 aromatic carbocycles. The average molecular weight is 298 g/mol. The van der Waals surface area contributed by atoms with E-state index in [2.05, 4.69) is 31.1 Å². The maximum Gasteiger partial charge on any atom is 0.328 e. The molecule has 2 amide bonds. The molecule has 0 saturated heterocycles. The molecule has 0 rings (SSSR count). The summed E-state index contributed by atoms with van der Waals surface area (Å²) in [5.74, 6) is -0.440. The fraction of sp³-hybridized carbons (Fsp3) is 0.750. The molecule has 0 bridgehead atoms. The van der Waals surface area contributed by atoms with Crippen LogP contribution in [0, 0.1) is 10.8 Å². The summed E-state index contributed by atoms with van der Waals surface area (Å²) in [6.45, 7) is 14.2. The van der Waals surface area contributed by atoms with E-state index in [1.165, 1.54) is 7.11 Å². The van der Waals surface area contributed by atoms with Gasteiger partial charge in [-0.05, 0) is 23.7 Å². The van der Waals surface area contributed by atoms with Crippen molar-refractivity contribution in [3.05, 3.63) is 12.7 Å². The fourth-order valence-electron chi connectivity index (χ4n) is 1.94. The standard InChI is InChI=1S/C16H30N2O3/c1-8-9-16(5,6)10-11-17-14(20)18-12(13(19)21-7)15(2,3)4/h8,12H,1,9-11H2,2-7H3,(H2,17,18,20)/t12-/m1/s1. The number of nitrogens with one attached hydrogen (secondary N) is 2. The summed E-state index contributed by atoms with van der Waals surface area (Å²) >= 11 is 0. The van der Waals surface area contributed by atoms with E-state index in [-0.39, 0.29) is 11.4 Å². The molecule has 0 aliphatic heterocycles. The Bertz CT molecular complexity index is 370. The molecule has 0 aliphatic carbocycles. The number of hydrogen-bond acceptors (Lipinski definition) is 3. The number of esters is 1. The van der Waals surface area contributed by atoms with Gasteiger partial charge in [-0.3, -0.25) is 0 Å². The summed E-state index contributed by atoms with van der Waals surface area (Å²) in [5.41, 5.74) is -0.312. The van der Waals surface area contributed by atoms with E-state index >= 15 is 0 Å². The largest absolute Gasteiger partial charge is 0.467 e. The normalized spacial score (nSPS) is 13.2. The summed E-state index contributed by atoms with van der Waals surface area (Å²) in [6, 6.07) is -1.03. The van der Waals surface area contributed by atoms with Crippen LogP contribution >= 0.6 is 0 Å². The topological polar surface area (TPSA) is 67.4 Å². The number of rotatable bonds is 7. The molecule has 0 aromatic heterocycles. The number of amides is 2. The van der Waals surface area contributed by atoms with Gasteiger partial charge in [-0.2, -0.15) is 0 Å². The van der Waals surface area contributed by atoms with Crippen molar-refractivity contribution in [1.29, 1.82) is 0 Å². The lowest BCUT2D eigenvalue weighted by molar-refractivity contribution is -0.145. The first-order chi connectivity index (χ1) is 9.53. The average Bonchev–Trinajstić information content (AvgIpc) is 2.33. The highest BCUT2D eigenvalue weighted by Crippen LogP contribution is 2.24. The summed E-state index contributed by atoms with van der Waals surface area (Å²) in [7, 11) is 1.32. The van der Waals surface area contributed by atoms with Crippen molar-refractivity contribution in [1.82, 2.24) is 10.6 Å². The van der Waals surface area contributed by atoms with Crippen LogP contribution in [-0.2, 0) is 9.53 Å². The van der Waals surface area contributed by atoms with Gasteiger partial charge in [-0.25, -0.2) is 9.59 Å². The van der Waals surface area contributed by atoms with Gasteiger partial charge in [0.15, 0.2) is 0 Å². The van der Waals surface area contributed by atoms with E-state index in [9.17, 15) is 9.59 Å². The molecule has 2 N–H and O–H groups in total. The van der Waals surface area contributed by atoms with Crippen LogP contribution in [0.1, 0.15) is 47.5 Å². The van der Waals surface area contributed by atoms with Crippen LogP contribution in [0.3, 0.4) is 0 Å². The molecule has 0 aliphatic rings. The first-order valence-corrected chi connectivity index (χ1v) is 7.26. The van der Waals surface area contributed by atoms with Crippen molar-refractivity contribution >= 4 is 12.0 Å². The predicted octanol–water partition coefficient (Wildman–Crippen LogP) is 2.87. The second-order valence-electron chi connectivity index (χ2n) is 7.13. The first kappa shape index (κ1) is 19.5. The highest BCUT2D eigenvalue weighted by Gasteiger charge is 2.33. The zero-order valence-electron chi connectivity index (χ0n) is 14.2. The molecule has 1 atom stereocenters. The zero-order chi connectivity index (χ0) is 16.7. The molecular formula is C16H30N2O3.